The van der Waals surface area contributed by atoms with Gasteiger partial charge in [0.05, 0.1) is 16.8 Å². The monoisotopic (exact) mass is 530 g/mol. The van der Waals surface area contributed by atoms with Gasteiger partial charge >= 0.3 is 6.03 Å². The van der Waals surface area contributed by atoms with Crippen molar-refractivity contribution in [2.45, 2.75) is 6.92 Å². The fourth-order valence-electron chi connectivity index (χ4n) is 2.35. The second kappa shape index (κ2) is 7.62. The van der Waals surface area contributed by atoms with Crippen LogP contribution in [-0.4, -0.2) is 24.5 Å². The highest BCUT2D eigenvalue weighted by Gasteiger charge is 2.37. The van der Waals surface area contributed by atoms with Gasteiger partial charge in [-0.25, -0.2) is 9.69 Å². The van der Waals surface area contributed by atoms with Gasteiger partial charge in [-0.05, 0) is 47.1 Å². The highest BCUT2D eigenvalue weighted by atomic mass is 127. The summed E-state index contributed by atoms with van der Waals surface area (Å²) >= 11 is 5.27. The molecule has 0 aliphatic carbocycles. The summed E-state index contributed by atoms with van der Waals surface area (Å²) in [6.45, 7) is 2.27. The van der Waals surface area contributed by atoms with Crippen molar-refractivity contribution in [1.82, 2.24) is 5.32 Å². The summed E-state index contributed by atoms with van der Waals surface area (Å²) in [5.41, 5.74) is 0.0936. The number of benzene rings is 1. The molecule has 26 heavy (non-hydrogen) atoms. The van der Waals surface area contributed by atoms with E-state index in [4.69, 9.17) is 9.15 Å². The number of carbonyl (C=O) groups excluding carboxylic acids is 3. The molecule has 1 N–H and O–H groups in total. The zero-order valence-electron chi connectivity index (χ0n) is 13.4. The quantitative estimate of drug-likeness (QED) is 0.370. The maximum Gasteiger partial charge on any atom is 0.335 e. The van der Waals surface area contributed by atoms with E-state index in [1.807, 2.05) is 29.5 Å². The Labute approximate surface area is 170 Å². The Morgan fingerprint density at radius 3 is 2.73 bits per heavy atom. The first-order valence-corrected chi connectivity index (χ1v) is 9.37. The van der Waals surface area contributed by atoms with Crippen LogP contribution in [-0.2, 0) is 9.59 Å². The number of hydrogen-bond donors (Lipinski definition) is 1. The van der Waals surface area contributed by atoms with Crippen molar-refractivity contribution in [1.29, 1.82) is 0 Å². The minimum absolute atomic E-state index is 0.205. The molecule has 0 saturated carbocycles. The van der Waals surface area contributed by atoms with Crippen LogP contribution in [0.15, 0.2) is 44.8 Å². The number of ether oxygens (including phenoxy) is 1. The molecule has 1 saturated heterocycles. The van der Waals surface area contributed by atoms with E-state index in [9.17, 15) is 14.4 Å². The van der Waals surface area contributed by atoms with Crippen LogP contribution in [0.2, 0.25) is 0 Å². The molecule has 1 aliphatic rings. The Morgan fingerprint density at radius 1 is 1.31 bits per heavy atom. The number of halogens is 2. The largest absolute Gasteiger partial charge is 0.494 e. The highest BCUT2D eigenvalue weighted by Crippen LogP contribution is 2.28. The van der Waals surface area contributed by atoms with Crippen LogP contribution in [0.4, 0.5) is 10.5 Å². The molecule has 0 radical (unpaired) electrons. The Morgan fingerprint density at radius 2 is 2.08 bits per heavy atom. The first-order chi connectivity index (χ1) is 12.4. The number of furan rings is 1. The van der Waals surface area contributed by atoms with Crippen LogP contribution in [0.5, 0.6) is 5.75 Å². The summed E-state index contributed by atoms with van der Waals surface area (Å²) in [6.07, 6.45) is 1.30. The Balaban J connectivity index is 1.99. The standard InChI is InChI=1S/C17H12BrIN2O5/c1-2-25-10-5-3-4-9(6-10)21-16(23)12(15(22)20-17(21)24)7-11-8-13(18)14(19)26-11/h3-8H,2H2,1H3,(H,20,22,24)/b12-7+. The van der Waals surface area contributed by atoms with Crippen molar-refractivity contribution in [3.8, 4) is 5.75 Å². The lowest BCUT2D eigenvalue weighted by atomic mass is 10.1. The van der Waals surface area contributed by atoms with Gasteiger partial charge < -0.3 is 9.15 Å². The number of anilines is 1. The van der Waals surface area contributed by atoms with Crippen LogP contribution in [0, 0.1) is 3.77 Å². The van der Waals surface area contributed by atoms with Gasteiger partial charge in [0.25, 0.3) is 11.8 Å². The summed E-state index contributed by atoms with van der Waals surface area (Å²) in [4.78, 5) is 38.0. The molecule has 1 aromatic carbocycles. The third-order valence-corrected chi connectivity index (χ3v) is 5.57. The first kappa shape index (κ1) is 18.6. The third kappa shape index (κ3) is 3.68. The Kier molecular flexibility index (Phi) is 5.47. The lowest BCUT2D eigenvalue weighted by Crippen LogP contribution is -2.54. The molecule has 0 spiro atoms. The average Bonchev–Trinajstić information content (AvgIpc) is 2.90. The lowest BCUT2D eigenvalue weighted by Gasteiger charge is -2.26. The summed E-state index contributed by atoms with van der Waals surface area (Å²) < 4.78 is 12.1. The normalized spacial score (nSPS) is 16.2. The van der Waals surface area contributed by atoms with Gasteiger partial charge in [0.1, 0.15) is 17.1 Å². The maximum absolute atomic E-state index is 12.8. The molecule has 2 aromatic rings. The van der Waals surface area contributed by atoms with E-state index >= 15 is 0 Å². The van der Waals surface area contributed by atoms with Crippen LogP contribution < -0.4 is 15.0 Å². The summed E-state index contributed by atoms with van der Waals surface area (Å²) in [5, 5.41) is 2.16. The molecule has 1 aliphatic heterocycles. The summed E-state index contributed by atoms with van der Waals surface area (Å²) in [7, 11) is 0. The number of hydrogen-bond acceptors (Lipinski definition) is 5. The fraction of sp³-hybridized carbons (Fsp3) is 0.118. The molecule has 0 atom stereocenters. The molecule has 1 aromatic heterocycles. The number of urea groups is 1. The van der Waals surface area contributed by atoms with Gasteiger partial charge in [0, 0.05) is 28.7 Å². The second-order valence-corrected chi connectivity index (χ2v) is 6.99. The smallest absolute Gasteiger partial charge is 0.335 e. The van der Waals surface area contributed by atoms with E-state index in [-0.39, 0.29) is 5.57 Å². The molecule has 0 unspecified atom stereocenters. The van der Waals surface area contributed by atoms with Gasteiger partial charge in [-0.3, -0.25) is 14.9 Å². The molecule has 0 bridgehead atoms. The number of imide groups is 2. The van der Waals surface area contributed by atoms with Crippen molar-refractivity contribution in [3.63, 3.8) is 0 Å². The molecule has 4 amide bonds. The van der Waals surface area contributed by atoms with Crippen molar-refractivity contribution in [3.05, 3.63) is 49.9 Å². The van der Waals surface area contributed by atoms with Crippen molar-refractivity contribution < 1.29 is 23.5 Å². The lowest BCUT2D eigenvalue weighted by molar-refractivity contribution is -0.122. The average molecular weight is 531 g/mol. The van der Waals surface area contributed by atoms with Crippen LogP contribution in [0.25, 0.3) is 6.08 Å². The topological polar surface area (TPSA) is 88.8 Å². The second-order valence-electron chi connectivity index (χ2n) is 5.16. The van der Waals surface area contributed by atoms with E-state index < -0.39 is 17.8 Å². The van der Waals surface area contributed by atoms with Gasteiger partial charge in [-0.1, -0.05) is 6.07 Å². The molecular formula is C17H12BrIN2O5. The van der Waals surface area contributed by atoms with Crippen LogP contribution >= 0.6 is 38.5 Å². The number of carbonyl (C=O) groups is 3. The first-order valence-electron chi connectivity index (χ1n) is 7.50. The molecule has 7 nitrogen and oxygen atoms in total. The van der Waals surface area contributed by atoms with Crippen LogP contribution in [0.3, 0.4) is 0 Å². The van der Waals surface area contributed by atoms with E-state index in [0.29, 0.717) is 32.0 Å². The number of amides is 4. The molecular weight excluding hydrogens is 519 g/mol. The summed E-state index contributed by atoms with van der Waals surface area (Å²) in [6, 6.07) is 7.32. The number of rotatable bonds is 4. The van der Waals surface area contributed by atoms with Gasteiger partial charge in [0.15, 0.2) is 3.77 Å². The number of nitrogens with zero attached hydrogens (tertiary/aromatic N) is 1. The van der Waals surface area contributed by atoms with Gasteiger partial charge in [0.2, 0.25) is 0 Å². The van der Waals surface area contributed by atoms with E-state index in [2.05, 4.69) is 21.2 Å². The number of nitrogens with one attached hydrogen (secondary N) is 1. The van der Waals surface area contributed by atoms with E-state index in [1.165, 1.54) is 6.08 Å². The predicted octanol–water partition coefficient (Wildman–Crippen LogP) is 3.71. The molecule has 1 fully saturated rings. The third-order valence-electron chi connectivity index (χ3n) is 3.44. The van der Waals surface area contributed by atoms with Gasteiger partial charge in [-0.2, -0.15) is 0 Å². The van der Waals surface area contributed by atoms with Crippen molar-refractivity contribution >= 4 is 68.1 Å². The zero-order chi connectivity index (χ0) is 18.8. The maximum atomic E-state index is 12.8. The Bertz CT molecular complexity index is 917. The molecule has 2 heterocycles. The molecule has 3 rings (SSSR count). The minimum Gasteiger partial charge on any atom is -0.494 e. The van der Waals surface area contributed by atoms with Gasteiger partial charge in [-0.15, -0.1) is 0 Å². The Hall–Kier alpha value is -2.14. The van der Waals surface area contributed by atoms with Crippen molar-refractivity contribution in [2.24, 2.45) is 0 Å². The molecule has 134 valence electrons. The fourth-order valence-corrected chi connectivity index (χ4v) is 3.06. The zero-order valence-corrected chi connectivity index (χ0v) is 17.2. The van der Waals surface area contributed by atoms with E-state index in [0.717, 1.165) is 4.90 Å². The van der Waals surface area contributed by atoms with Crippen molar-refractivity contribution in [2.75, 3.05) is 11.5 Å². The minimum atomic E-state index is -0.819. The SMILES string of the molecule is CCOc1cccc(N2C(=O)NC(=O)/C(=C\c3cc(Br)c(I)o3)C2=O)c1. The number of barbiturate groups is 1. The predicted molar refractivity (Wildman–Crippen MR) is 106 cm³/mol. The van der Waals surface area contributed by atoms with E-state index in [1.54, 1.807) is 30.3 Å². The highest BCUT2D eigenvalue weighted by molar-refractivity contribution is 14.1. The summed E-state index contributed by atoms with van der Waals surface area (Å²) in [5.74, 6) is -0.690. The van der Waals surface area contributed by atoms with Crippen LogP contribution in [0.1, 0.15) is 12.7 Å². The molecule has 9 heteroatoms.